The highest BCUT2D eigenvalue weighted by molar-refractivity contribution is 4.92. The largest absolute Gasteiger partial charge is 0.316 e. The van der Waals surface area contributed by atoms with Gasteiger partial charge in [-0.05, 0) is 32.9 Å². The van der Waals surface area contributed by atoms with Gasteiger partial charge in [-0.2, -0.15) is 5.10 Å². The molecule has 13 heavy (non-hydrogen) atoms. The number of hydrogen-bond donors (Lipinski definition) is 1. The van der Waals surface area contributed by atoms with Gasteiger partial charge in [0.15, 0.2) is 0 Å². The Bertz CT molecular complexity index is 275. The van der Waals surface area contributed by atoms with E-state index in [0.29, 0.717) is 6.04 Å². The second kappa shape index (κ2) is 3.46. The fourth-order valence-electron chi connectivity index (χ4n) is 1.60. The van der Waals surface area contributed by atoms with Crippen LogP contribution in [0.25, 0.3) is 0 Å². The molecular formula is C9H16N4. The molecule has 72 valence electrons. The number of aromatic nitrogens is 3. The number of hydrogen-bond acceptors (Lipinski definition) is 3. The van der Waals surface area contributed by atoms with Crippen LogP contribution < -0.4 is 5.32 Å². The first-order valence-electron chi connectivity index (χ1n) is 4.86. The lowest BCUT2D eigenvalue weighted by Crippen LogP contribution is -2.43. The zero-order valence-electron chi connectivity index (χ0n) is 8.20. The van der Waals surface area contributed by atoms with Crippen LogP contribution in [0.15, 0.2) is 6.33 Å². The van der Waals surface area contributed by atoms with Crippen molar-refractivity contribution in [1.29, 1.82) is 0 Å². The van der Waals surface area contributed by atoms with Gasteiger partial charge < -0.3 is 5.32 Å². The minimum atomic E-state index is 0.422. The summed E-state index contributed by atoms with van der Waals surface area (Å²) in [5.41, 5.74) is 0. The van der Waals surface area contributed by atoms with E-state index in [9.17, 15) is 0 Å². The lowest BCUT2D eigenvalue weighted by atomic mass is 9.99. The summed E-state index contributed by atoms with van der Waals surface area (Å²) in [4.78, 5) is 4.28. The van der Waals surface area contributed by atoms with Crippen LogP contribution in [0.2, 0.25) is 0 Å². The van der Waals surface area contributed by atoms with Crippen LogP contribution >= 0.6 is 0 Å². The van der Waals surface area contributed by atoms with Gasteiger partial charge in [0.25, 0.3) is 0 Å². The predicted octanol–water partition coefficient (Wildman–Crippen LogP) is 0.621. The summed E-state index contributed by atoms with van der Waals surface area (Å²) in [7, 11) is 0. The van der Waals surface area contributed by atoms with Crippen molar-refractivity contribution in [3.8, 4) is 0 Å². The summed E-state index contributed by atoms with van der Waals surface area (Å²) >= 11 is 0. The maximum atomic E-state index is 4.28. The minimum absolute atomic E-state index is 0.422. The third-order valence-corrected chi connectivity index (χ3v) is 2.47. The van der Waals surface area contributed by atoms with Crippen LogP contribution in [0.5, 0.6) is 0 Å². The molecule has 0 spiro atoms. The molecule has 4 nitrogen and oxygen atoms in total. The molecule has 1 fully saturated rings. The van der Waals surface area contributed by atoms with Gasteiger partial charge >= 0.3 is 0 Å². The highest BCUT2D eigenvalue weighted by Crippen LogP contribution is 2.13. The minimum Gasteiger partial charge on any atom is -0.316 e. The molecule has 0 radical (unpaired) electrons. The molecule has 0 amide bonds. The van der Waals surface area contributed by atoms with Crippen LogP contribution in [-0.2, 0) is 6.42 Å². The van der Waals surface area contributed by atoms with Gasteiger partial charge in [-0.25, -0.2) is 9.67 Å². The highest BCUT2D eigenvalue weighted by atomic mass is 15.3. The van der Waals surface area contributed by atoms with Gasteiger partial charge in [0.1, 0.15) is 12.2 Å². The molecular weight excluding hydrogens is 164 g/mol. The summed E-state index contributed by atoms with van der Waals surface area (Å²) < 4.78 is 2.01. The zero-order valence-corrected chi connectivity index (χ0v) is 8.20. The standard InChI is InChI=1S/C9H16N4/c1-7(2)13-9(11-6-12-13)3-8-4-10-5-8/h6-8,10H,3-5H2,1-2H3. The van der Waals surface area contributed by atoms with Gasteiger partial charge in [-0.1, -0.05) is 0 Å². The fraction of sp³-hybridized carbons (Fsp3) is 0.778. The van der Waals surface area contributed by atoms with E-state index in [1.54, 1.807) is 6.33 Å². The van der Waals surface area contributed by atoms with E-state index in [1.165, 1.54) is 0 Å². The third-order valence-electron chi connectivity index (χ3n) is 2.47. The quantitative estimate of drug-likeness (QED) is 0.741. The molecule has 0 aromatic carbocycles. The Labute approximate surface area is 78.4 Å². The van der Waals surface area contributed by atoms with Crippen molar-refractivity contribution in [3.63, 3.8) is 0 Å². The second-order valence-electron chi connectivity index (χ2n) is 3.94. The van der Waals surface area contributed by atoms with Crippen LogP contribution in [-0.4, -0.2) is 27.9 Å². The summed E-state index contributed by atoms with van der Waals surface area (Å²) in [6, 6.07) is 0.422. The van der Waals surface area contributed by atoms with Crippen molar-refractivity contribution in [2.24, 2.45) is 5.92 Å². The van der Waals surface area contributed by atoms with E-state index in [-0.39, 0.29) is 0 Å². The molecule has 2 rings (SSSR count). The molecule has 1 saturated heterocycles. The monoisotopic (exact) mass is 180 g/mol. The average molecular weight is 180 g/mol. The Balaban J connectivity index is 2.05. The molecule has 0 saturated carbocycles. The third kappa shape index (κ3) is 1.72. The Hall–Kier alpha value is -0.900. The molecule has 1 N–H and O–H groups in total. The van der Waals surface area contributed by atoms with E-state index in [4.69, 9.17) is 0 Å². The maximum absolute atomic E-state index is 4.28. The first kappa shape index (κ1) is 8.69. The number of rotatable bonds is 3. The molecule has 0 bridgehead atoms. The van der Waals surface area contributed by atoms with Crippen molar-refractivity contribution < 1.29 is 0 Å². The Morgan fingerprint density at radius 1 is 1.62 bits per heavy atom. The van der Waals surface area contributed by atoms with Gasteiger partial charge in [0.05, 0.1) is 0 Å². The Kier molecular flexibility index (Phi) is 2.31. The van der Waals surface area contributed by atoms with E-state index in [1.807, 2.05) is 4.68 Å². The summed E-state index contributed by atoms with van der Waals surface area (Å²) in [6.07, 6.45) is 2.71. The zero-order chi connectivity index (χ0) is 9.26. The molecule has 2 heterocycles. The van der Waals surface area contributed by atoms with E-state index < -0.39 is 0 Å². The van der Waals surface area contributed by atoms with Crippen LogP contribution in [0.4, 0.5) is 0 Å². The van der Waals surface area contributed by atoms with Crippen molar-refractivity contribution in [2.45, 2.75) is 26.3 Å². The van der Waals surface area contributed by atoms with Crippen molar-refractivity contribution >= 4 is 0 Å². The first-order chi connectivity index (χ1) is 6.27. The molecule has 0 unspecified atom stereocenters. The molecule has 1 aliphatic rings. The highest BCUT2D eigenvalue weighted by Gasteiger charge is 2.20. The van der Waals surface area contributed by atoms with Gasteiger partial charge in [-0.3, -0.25) is 0 Å². The van der Waals surface area contributed by atoms with Crippen molar-refractivity contribution in [1.82, 2.24) is 20.1 Å². The molecule has 1 aromatic rings. The lowest BCUT2D eigenvalue weighted by molar-refractivity contribution is 0.331. The summed E-state index contributed by atoms with van der Waals surface area (Å²) in [5, 5.41) is 7.48. The Morgan fingerprint density at radius 3 is 2.92 bits per heavy atom. The van der Waals surface area contributed by atoms with Crippen LogP contribution in [0, 0.1) is 5.92 Å². The Morgan fingerprint density at radius 2 is 2.38 bits per heavy atom. The summed E-state index contributed by atoms with van der Waals surface area (Å²) in [5.74, 6) is 1.89. The average Bonchev–Trinajstić information content (AvgIpc) is 2.44. The maximum Gasteiger partial charge on any atom is 0.138 e. The normalized spacial score (nSPS) is 17.8. The molecule has 1 aliphatic heterocycles. The molecule has 0 aliphatic carbocycles. The van der Waals surface area contributed by atoms with Crippen molar-refractivity contribution in [3.05, 3.63) is 12.2 Å². The molecule has 4 heteroatoms. The molecule has 0 atom stereocenters. The SMILES string of the molecule is CC(C)n1ncnc1CC1CNC1. The predicted molar refractivity (Wildman–Crippen MR) is 50.5 cm³/mol. The van der Waals surface area contributed by atoms with E-state index >= 15 is 0 Å². The van der Waals surface area contributed by atoms with Gasteiger partial charge in [0.2, 0.25) is 0 Å². The topological polar surface area (TPSA) is 42.7 Å². The van der Waals surface area contributed by atoms with Crippen molar-refractivity contribution in [2.75, 3.05) is 13.1 Å². The number of nitrogens with one attached hydrogen (secondary N) is 1. The summed E-state index contributed by atoms with van der Waals surface area (Å²) in [6.45, 7) is 6.53. The van der Waals surface area contributed by atoms with E-state index in [0.717, 1.165) is 31.3 Å². The molecule has 1 aromatic heterocycles. The van der Waals surface area contributed by atoms with Gasteiger partial charge in [-0.15, -0.1) is 0 Å². The lowest BCUT2D eigenvalue weighted by Gasteiger charge is -2.26. The second-order valence-corrected chi connectivity index (χ2v) is 3.94. The fourth-order valence-corrected chi connectivity index (χ4v) is 1.60. The van der Waals surface area contributed by atoms with Crippen LogP contribution in [0.3, 0.4) is 0 Å². The number of nitrogens with zero attached hydrogens (tertiary/aromatic N) is 3. The van der Waals surface area contributed by atoms with Gasteiger partial charge in [0, 0.05) is 12.5 Å². The first-order valence-corrected chi connectivity index (χ1v) is 4.86. The van der Waals surface area contributed by atoms with E-state index in [2.05, 4.69) is 29.2 Å². The smallest absolute Gasteiger partial charge is 0.138 e. The van der Waals surface area contributed by atoms with Crippen LogP contribution in [0.1, 0.15) is 25.7 Å².